The van der Waals surface area contributed by atoms with Crippen molar-refractivity contribution >= 4 is 23.5 Å². The fourth-order valence-electron chi connectivity index (χ4n) is 2.89. The van der Waals surface area contributed by atoms with Crippen molar-refractivity contribution in [2.45, 2.75) is 32.7 Å². The van der Waals surface area contributed by atoms with Crippen molar-refractivity contribution < 1.29 is 0 Å². The lowest BCUT2D eigenvalue weighted by molar-refractivity contribution is 0.623. The van der Waals surface area contributed by atoms with Gasteiger partial charge >= 0.3 is 0 Å². The van der Waals surface area contributed by atoms with Crippen LogP contribution in [0.2, 0.25) is 0 Å². The highest BCUT2D eigenvalue weighted by Gasteiger charge is 2.15. The van der Waals surface area contributed by atoms with Crippen molar-refractivity contribution in [1.82, 2.24) is 4.57 Å². The molecule has 0 spiro atoms. The standard InChI is InChI=1S/C14H17NS/c1-10-7-13-9-11(4-6-16)8-12-3-2-5-15(10)14(12)13/h7-9,16H,2-6H2,1H3. The third-order valence-electron chi connectivity index (χ3n) is 3.57. The van der Waals surface area contributed by atoms with Crippen molar-refractivity contribution in [3.63, 3.8) is 0 Å². The normalized spacial score (nSPS) is 14.6. The molecule has 1 aromatic heterocycles. The maximum absolute atomic E-state index is 4.32. The van der Waals surface area contributed by atoms with Crippen molar-refractivity contribution in [3.05, 3.63) is 35.0 Å². The van der Waals surface area contributed by atoms with E-state index < -0.39 is 0 Å². The van der Waals surface area contributed by atoms with E-state index in [-0.39, 0.29) is 0 Å². The van der Waals surface area contributed by atoms with Crippen molar-refractivity contribution in [1.29, 1.82) is 0 Å². The van der Waals surface area contributed by atoms with Gasteiger partial charge in [0.1, 0.15) is 0 Å². The average molecular weight is 231 g/mol. The lowest BCUT2D eigenvalue weighted by atomic mass is 9.99. The van der Waals surface area contributed by atoms with E-state index in [4.69, 9.17) is 0 Å². The summed E-state index contributed by atoms with van der Waals surface area (Å²) in [5, 5.41) is 1.42. The maximum Gasteiger partial charge on any atom is 0.0515 e. The molecule has 3 rings (SSSR count). The minimum atomic E-state index is 0.935. The van der Waals surface area contributed by atoms with Gasteiger partial charge in [-0.2, -0.15) is 12.6 Å². The molecule has 84 valence electrons. The van der Waals surface area contributed by atoms with Gasteiger partial charge in [0.2, 0.25) is 0 Å². The molecule has 0 aliphatic carbocycles. The molecule has 2 heterocycles. The van der Waals surface area contributed by atoms with E-state index in [1.54, 1.807) is 0 Å². The smallest absolute Gasteiger partial charge is 0.0515 e. The number of hydrogen-bond acceptors (Lipinski definition) is 1. The third-order valence-corrected chi connectivity index (χ3v) is 3.79. The van der Waals surface area contributed by atoms with Gasteiger partial charge in [-0.1, -0.05) is 6.07 Å². The highest BCUT2D eigenvalue weighted by Crippen LogP contribution is 2.30. The van der Waals surface area contributed by atoms with Gasteiger partial charge in [0.15, 0.2) is 0 Å². The number of benzene rings is 1. The monoisotopic (exact) mass is 231 g/mol. The zero-order valence-corrected chi connectivity index (χ0v) is 10.6. The molecular formula is C14H17NS. The highest BCUT2D eigenvalue weighted by molar-refractivity contribution is 7.80. The van der Waals surface area contributed by atoms with Crippen LogP contribution in [-0.4, -0.2) is 10.3 Å². The van der Waals surface area contributed by atoms with Crippen LogP contribution in [0.3, 0.4) is 0 Å². The number of aryl methyl sites for hydroxylation is 4. The number of rotatable bonds is 2. The minimum absolute atomic E-state index is 0.935. The van der Waals surface area contributed by atoms with Gasteiger partial charge in [-0.15, -0.1) is 0 Å². The second kappa shape index (κ2) is 3.85. The Morgan fingerprint density at radius 2 is 2.19 bits per heavy atom. The van der Waals surface area contributed by atoms with E-state index in [0.29, 0.717) is 0 Å². The van der Waals surface area contributed by atoms with Crippen LogP contribution in [0.5, 0.6) is 0 Å². The Kier molecular flexibility index (Phi) is 2.47. The Morgan fingerprint density at radius 3 is 3.00 bits per heavy atom. The summed E-state index contributed by atoms with van der Waals surface area (Å²) in [6.07, 6.45) is 3.60. The Morgan fingerprint density at radius 1 is 1.31 bits per heavy atom. The lowest BCUT2D eigenvalue weighted by Crippen LogP contribution is -2.09. The Balaban J connectivity index is 2.26. The Bertz CT molecular complexity index is 539. The molecule has 0 bridgehead atoms. The number of hydrogen-bond donors (Lipinski definition) is 1. The molecule has 0 amide bonds. The second-order valence-electron chi connectivity index (χ2n) is 4.71. The van der Waals surface area contributed by atoms with Gasteiger partial charge in [0, 0.05) is 17.6 Å². The predicted molar refractivity (Wildman–Crippen MR) is 72.6 cm³/mol. The summed E-state index contributed by atoms with van der Waals surface area (Å²) in [5.41, 5.74) is 5.86. The van der Waals surface area contributed by atoms with Crippen LogP contribution in [-0.2, 0) is 19.4 Å². The van der Waals surface area contributed by atoms with Crippen LogP contribution in [0.4, 0.5) is 0 Å². The zero-order chi connectivity index (χ0) is 11.1. The van der Waals surface area contributed by atoms with Gasteiger partial charge in [-0.25, -0.2) is 0 Å². The Hall–Kier alpha value is -0.890. The maximum atomic E-state index is 4.32. The lowest BCUT2D eigenvalue weighted by Gasteiger charge is -2.18. The first-order chi connectivity index (χ1) is 7.79. The molecule has 1 nitrogen and oxygen atoms in total. The average Bonchev–Trinajstić information content (AvgIpc) is 2.58. The first-order valence-electron chi connectivity index (χ1n) is 6.02. The van der Waals surface area contributed by atoms with Crippen LogP contribution in [0.1, 0.15) is 23.2 Å². The largest absolute Gasteiger partial charge is 0.345 e. The molecule has 0 unspecified atom stereocenters. The van der Waals surface area contributed by atoms with E-state index in [1.165, 1.54) is 47.1 Å². The first-order valence-corrected chi connectivity index (χ1v) is 6.65. The van der Waals surface area contributed by atoms with E-state index in [2.05, 4.69) is 42.3 Å². The SMILES string of the molecule is Cc1cc2cc(CCS)cc3c2n1CCC3. The number of nitrogens with zero attached hydrogens (tertiary/aromatic N) is 1. The molecule has 16 heavy (non-hydrogen) atoms. The van der Waals surface area contributed by atoms with E-state index >= 15 is 0 Å². The molecule has 0 radical (unpaired) electrons. The van der Waals surface area contributed by atoms with Gasteiger partial charge in [0.25, 0.3) is 0 Å². The minimum Gasteiger partial charge on any atom is -0.345 e. The van der Waals surface area contributed by atoms with Gasteiger partial charge in [-0.3, -0.25) is 0 Å². The van der Waals surface area contributed by atoms with Crippen LogP contribution in [0.25, 0.3) is 10.9 Å². The first kappa shape index (κ1) is 10.3. The zero-order valence-electron chi connectivity index (χ0n) is 9.66. The van der Waals surface area contributed by atoms with Gasteiger partial charge in [-0.05, 0) is 55.2 Å². The van der Waals surface area contributed by atoms with E-state index in [0.717, 1.165) is 12.2 Å². The summed E-state index contributed by atoms with van der Waals surface area (Å²) in [5.74, 6) is 0.935. The fraction of sp³-hybridized carbons (Fsp3) is 0.429. The number of aromatic nitrogens is 1. The number of thiol groups is 1. The summed E-state index contributed by atoms with van der Waals surface area (Å²) < 4.78 is 2.47. The van der Waals surface area contributed by atoms with Gasteiger partial charge in [0.05, 0.1) is 5.52 Å². The summed E-state index contributed by atoms with van der Waals surface area (Å²) in [6, 6.07) is 7.05. The molecule has 1 aliphatic heterocycles. The topological polar surface area (TPSA) is 4.93 Å². The predicted octanol–water partition coefficient (Wildman–Crippen LogP) is 3.37. The van der Waals surface area contributed by atoms with Crippen LogP contribution in [0.15, 0.2) is 18.2 Å². The molecular weight excluding hydrogens is 214 g/mol. The van der Waals surface area contributed by atoms with Crippen LogP contribution >= 0.6 is 12.6 Å². The molecule has 1 aliphatic rings. The highest BCUT2D eigenvalue weighted by atomic mass is 32.1. The van der Waals surface area contributed by atoms with Crippen LogP contribution < -0.4 is 0 Å². The summed E-state index contributed by atoms with van der Waals surface area (Å²) >= 11 is 4.32. The van der Waals surface area contributed by atoms with Crippen molar-refractivity contribution in [2.24, 2.45) is 0 Å². The molecule has 0 atom stereocenters. The van der Waals surface area contributed by atoms with E-state index in [9.17, 15) is 0 Å². The third kappa shape index (κ3) is 1.47. The Labute approximate surface area is 102 Å². The second-order valence-corrected chi connectivity index (χ2v) is 5.15. The molecule has 0 fully saturated rings. The molecule has 0 N–H and O–H groups in total. The molecule has 2 heteroatoms. The summed E-state index contributed by atoms with van der Waals surface area (Å²) in [7, 11) is 0. The van der Waals surface area contributed by atoms with Crippen molar-refractivity contribution in [3.8, 4) is 0 Å². The van der Waals surface area contributed by atoms with Crippen LogP contribution in [0, 0.1) is 6.92 Å². The quantitative estimate of drug-likeness (QED) is 0.756. The van der Waals surface area contributed by atoms with Gasteiger partial charge < -0.3 is 4.57 Å². The molecule has 2 aromatic rings. The summed E-state index contributed by atoms with van der Waals surface area (Å²) in [6.45, 7) is 3.40. The summed E-state index contributed by atoms with van der Waals surface area (Å²) in [4.78, 5) is 0. The molecule has 1 aromatic carbocycles. The molecule has 0 saturated heterocycles. The van der Waals surface area contributed by atoms with E-state index in [1.807, 2.05) is 0 Å². The van der Waals surface area contributed by atoms with Crippen molar-refractivity contribution in [2.75, 3.05) is 5.75 Å². The molecule has 0 saturated carbocycles. The fourth-order valence-corrected chi connectivity index (χ4v) is 3.14.